The maximum atomic E-state index is 13.1. The Kier molecular flexibility index (Phi) is 6.96. The largest absolute Gasteiger partial charge is 0.351 e. The minimum atomic E-state index is -0.300. The van der Waals surface area contributed by atoms with E-state index >= 15 is 0 Å². The molecular weight excluding hydrogens is 433 g/mol. The topological polar surface area (TPSA) is 79.2 Å². The van der Waals surface area contributed by atoms with Crippen molar-refractivity contribution in [2.75, 3.05) is 44.2 Å². The number of amides is 1. The van der Waals surface area contributed by atoms with Crippen molar-refractivity contribution in [2.24, 2.45) is 0 Å². The predicted molar refractivity (Wildman–Crippen MR) is 120 cm³/mol. The van der Waals surface area contributed by atoms with Gasteiger partial charge in [-0.3, -0.25) is 9.69 Å². The van der Waals surface area contributed by atoms with E-state index in [1.165, 1.54) is 12.1 Å². The zero-order chi connectivity index (χ0) is 22.5. The molecule has 1 amide bonds. The van der Waals surface area contributed by atoms with Gasteiger partial charge in [0.25, 0.3) is 5.91 Å². The van der Waals surface area contributed by atoms with E-state index in [-0.39, 0.29) is 16.9 Å². The summed E-state index contributed by atoms with van der Waals surface area (Å²) in [4.78, 5) is 25.8. The van der Waals surface area contributed by atoms with Crippen LogP contribution >= 0.6 is 11.6 Å². The molecule has 1 aliphatic heterocycles. The molecule has 168 valence electrons. The third kappa shape index (κ3) is 5.23. The van der Waals surface area contributed by atoms with Crippen molar-refractivity contribution in [1.29, 1.82) is 0 Å². The second-order valence-corrected chi connectivity index (χ2v) is 8.03. The van der Waals surface area contributed by atoms with Crippen molar-refractivity contribution in [3.05, 3.63) is 70.5 Å². The van der Waals surface area contributed by atoms with Crippen molar-refractivity contribution < 1.29 is 9.18 Å². The molecule has 1 aliphatic rings. The van der Waals surface area contributed by atoms with Gasteiger partial charge in [-0.25, -0.2) is 19.0 Å². The first-order valence-electron chi connectivity index (χ1n) is 10.5. The number of nitrogens with zero attached hydrogens (tertiary/aromatic N) is 6. The maximum absolute atomic E-state index is 13.1. The summed E-state index contributed by atoms with van der Waals surface area (Å²) in [6.45, 7) is 6.83. The van der Waals surface area contributed by atoms with Gasteiger partial charge in [-0.05, 0) is 30.7 Å². The lowest BCUT2D eigenvalue weighted by atomic mass is 10.2. The van der Waals surface area contributed by atoms with Gasteiger partial charge < -0.3 is 10.2 Å². The van der Waals surface area contributed by atoms with Crippen LogP contribution in [0.3, 0.4) is 0 Å². The van der Waals surface area contributed by atoms with Gasteiger partial charge in [0.1, 0.15) is 11.0 Å². The highest BCUT2D eigenvalue weighted by molar-refractivity contribution is 6.33. The summed E-state index contributed by atoms with van der Waals surface area (Å²) < 4.78 is 14.7. The minimum absolute atomic E-state index is 0.242. The lowest BCUT2D eigenvalue weighted by Crippen LogP contribution is -2.49. The van der Waals surface area contributed by atoms with Crippen molar-refractivity contribution in [3.63, 3.8) is 0 Å². The number of nitrogens with one attached hydrogen (secondary N) is 1. The minimum Gasteiger partial charge on any atom is -0.351 e. The number of benzene rings is 1. The molecule has 0 spiro atoms. The number of halogens is 2. The molecule has 0 aliphatic carbocycles. The van der Waals surface area contributed by atoms with Crippen molar-refractivity contribution in [1.82, 2.24) is 30.0 Å². The molecule has 32 heavy (non-hydrogen) atoms. The number of aryl methyl sites for hydroxylation is 1. The Morgan fingerprint density at radius 2 is 1.81 bits per heavy atom. The number of hydrogen-bond acceptors (Lipinski definition) is 6. The summed E-state index contributed by atoms with van der Waals surface area (Å²) in [5, 5.41) is 7.61. The van der Waals surface area contributed by atoms with Crippen LogP contribution in [-0.4, -0.2) is 69.8 Å². The van der Waals surface area contributed by atoms with Crippen LogP contribution in [0.15, 0.2) is 42.7 Å². The Morgan fingerprint density at radius 1 is 1.12 bits per heavy atom. The van der Waals surface area contributed by atoms with E-state index in [0.717, 1.165) is 44.2 Å². The lowest BCUT2D eigenvalue weighted by molar-refractivity contribution is 0.0947. The highest BCUT2D eigenvalue weighted by atomic mass is 35.5. The smallest absolute Gasteiger partial charge is 0.256 e. The van der Waals surface area contributed by atoms with E-state index in [1.54, 1.807) is 36.1 Å². The summed E-state index contributed by atoms with van der Waals surface area (Å²) in [5.74, 6) is 0.212. The van der Waals surface area contributed by atoms with E-state index in [1.807, 2.05) is 6.07 Å². The van der Waals surface area contributed by atoms with Crippen LogP contribution in [0.1, 0.15) is 21.6 Å². The van der Waals surface area contributed by atoms with Crippen LogP contribution in [-0.2, 0) is 6.54 Å². The molecule has 2 aromatic heterocycles. The average Bonchev–Trinajstić information content (AvgIpc) is 3.09. The Hall–Kier alpha value is -3.04. The van der Waals surface area contributed by atoms with Crippen LogP contribution in [0.5, 0.6) is 0 Å². The van der Waals surface area contributed by atoms with Crippen LogP contribution in [0.25, 0.3) is 0 Å². The molecule has 4 rings (SSSR count). The molecule has 1 saturated heterocycles. The molecule has 0 bridgehead atoms. The van der Waals surface area contributed by atoms with Gasteiger partial charge in [0.15, 0.2) is 0 Å². The third-order valence-electron chi connectivity index (χ3n) is 5.46. The number of hydrogen-bond donors (Lipinski definition) is 1. The Bertz CT molecular complexity index is 1050. The lowest BCUT2D eigenvalue weighted by Gasteiger charge is -2.34. The van der Waals surface area contributed by atoms with Crippen molar-refractivity contribution in [3.8, 4) is 0 Å². The van der Waals surface area contributed by atoms with Gasteiger partial charge >= 0.3 is 0 Å². The summed E-state index contributed by atoms with van der Waals surface area (Å²) in [6.07, 6.45) is 3.50. The van der Waals surface area contributed by atoms with Gasteiger partial charge in [0.05, 0.1) is 17.8 Å². The normalized spacial score (nSPS) is 14.5. The average molecular weight is 458 g/mol. The van der Waals surface area contributed by atoms with Gasteiger partial charge in [0.2, 0.25) is 5.95 Å². The monoisotopic (exact) mass is 457 g/mol. The first kappa shape index (κ1) is 22.2. The van der Waals surface area contributed by atoms with E-state index in [0.29, 0.717) is 24.3 Å². The summed E-state index contributed by atoms with van der Waals surface area (Å²) in [6, 6.07) is 7.93. The van der Waals surface area contributed by atoms with Gasteiger partial charge in [0, 0.05) is 51.7 Å². The fraction of sp³-hybridized carbons (Fsp3) is 0.364. The molecular formula is C22H25ClFN7O. The highest BCUT2D eigenvalue weighted by Gasteiger charge is 2.22. The maximum Gasteiger partial charge on any atom is 0.256 e. The number of anilines is 1. The van der Waals surface area contributed by atoms with Crippen molar-refractivity contribution >= 4 is 23.5 Å². The van der Waals surface area contributed by atoms with Gasteiger partial charge in [-0.1, -0.05) is 23.7 Å². The molecule has 0 radical (unpaired) electrons. The molecule has 1 aromatic carbocycles. The molecule has 1 N–H and O–H groups in total. The fourth-order valence-electron chi connectivity index (χ4n) is 3.72. The van der Waals surface area contributed by atoms with E-state index in [4.69, 9.17) is 11.6 Å². The SMILES string of the molecule is Cc1nn(Cc2ccc(F)cc2)c(Cl)c1C(=O)NCCN1CCN(c2ncccn2)CC1. The van der Waals surface area contributed by atoms with Gasteiger partial charge in [-0.15, -0.1) is 0 Å². The zero-order valence-electron chi connectivity index (χ0n) is 17.8. The molecule has 0 saturated carbocycles. The molecule has 0 atom stereocenters. The number of carbonyl (C=O) groups is 1. The second-order valence-electron chi connectivity index (χ2n) is 7.67. The standard InChI is InChI=1S/C22H25ClFN7O/c1-16-19(20(23)31(28-16)15-17-3-5-18(24)6-4-17)21(32)25-9-10-29-11-13-30(14-12-29)22-26-7-2-8-27-22/h2-8H,9-15H2,1H3,(H,25,32). The zero-order valence-corrected chi connectivity index (χ0v) is 18.6. The van der Waals surface area contributed by atoms with Gasteiger partial charge in [-0.2, -0.15) is 5.10 Å². The van der Waals surface area contributed by atoms with Crippen LogP contribution < -0.4 is 10.2 Å². The predicted octanol–water partition coefficient (Wildman–Crippen LogP) is 2.37. The number of carbonyl (C=O) groups excluding carboxylic acids is 1. The Labute approximate surface area is 191 Å². The fourth-order valence-corrected chi connectivity index (χ4v) is 4.04. The third-order valence-corrected chi connectivity index (χ3v) is 5.84. The van der Waals surface area contributed by atoms with Crippen molar-refractivity contribution in [2.45, 2.75) is 13.5 Å². The number of rotatable bonds is 7. The van der Waals surface area contributed by atoms with E-state index in [9.17, 15) is 9.18 Å². The Balaban J connectivity index is 1.27. The first-order valence-corrected chi connectivity index (χ1v) is 10.9. The number of aromatic nitrogens is 4. The van der Waals surface area contributed by atoms with Crippen LogP contribution in [0, 0.1) is 12.7 Å². The van der Waals surface area contributed by atoms with E-state index in [2.05, 4.69) is 30.2 Å². The highest BCUT2D eigenvalue weighted by Crippen LogP contribution is 2.21. The molecule has 10 heteroatoms. The Morgan fingerprint density at radius 3 is 2.50 bits per heavy atom. The summed E-state index contributed by atoms with van der Waals surface area (Å²) in [7, 11) is 0. The molecule has 3 aromatic rings. The molecule has 3 heterocycles. The molecule has 8 nitrogen and oxygen atoms in total. The van der Waals surface area contributed by atoms with Crippen LogP contribution in [0.2, 0.25) is 5.15 Å². The van der Waals surface area contributed by atoms with Crippen LogP contribution in [0.4, 0.5) is 10.3 Å². The summed E-state index contributed by atoms with van der Waals surface area (Å²) >= 11 is 6.45. The quantitative estimate of drug-likeness (QED) is 0.587. The summed E-state index contributed by atoms with van der Waals surface area (Å²) in [5.41, 5.74) is 1.79. The van der Waals surface area contributed by atoms with E-state index < -0.39 is 0 Å². The molecule has 1 fully saturated rings. The number of piperazine rings is 1. The second kappa shape index (κ2) is 10.1. The molecule has 0 unspecified atom stereocenters. The first-order chi connectivity index (χ1) is 15.5.